The summed E-state index contributed by atoms with van der Waals surface area (Å²) in [6, 6.07) is 0. The lowest BCUT2D eigenvalue weighted by atomic mass is 9.89. The molecule has 1 heterocycles. The van der Waals surface area contributed by atoms with Gasteiger partial charge in [-0.1, -0.05) is 11.3 Å². The zero-order chi connectivity index (χ0) is 26.6. The van der Waals surface area contributed by atoms with Gasteiger partial charge in [0.2, 0.25) is 5.13 Å². The van der Waals surface area contributed by atoms with E-state index in [1.165, 1.54) is 0 Å². The van der Waals surface area contributed by atoms with E-state index in [0.717, 1.165) is 6.92 Å². The average Bonchev–Trinajstić information content (AvgIpc) is 3.05. The summed E-state index contributed by atoms with van der Waals surface area (Å²) in [5.74, 6) is -59.9. The average molecular weight is 543 g/mol. The number of carbonyl (C=O) groups excluding carboxylic acids is 1. The van der Waals surface area contributed by atoms with Crippen LogP contribution < -0.4 is 5.32 Å². The van der Waals surface area contributed by atoms with Gasteiger partial charge in [0.15, 0.2) is 0 Å². The van der Waals surface area contributed by atoms with Crippen molar-refractivity contribution in [1.82, 2.24) is 10.2 Å². The van der Waals surface area contributed by atoms with Crippen LogP contribution in [-0.2, 0) is 4.79 Å². The SMILES string of the molecule is Cc1nnc(NC(=O)C(F)(F)C(F)(F)C(F)(F)C(F)(F)C(F)(F)C(F)(F)C(F)(F)C(F)F)s1. The van der Waals surface area contributed by atoms with Crippen molar-refractivity contribution in [1.29, 1.82) is 0 Å². The smallest absolute Gasteiger partial charge is 0.295 e. The van der Waals surface area contributed by atoms with Crippen LogP contribution in [0.2, 0.25) is 0 Å². The van der Waals surface area contributed by atoms with Gasteiger partial charge in [-0.25, -0.2) is 8.78 Å². The highest BCUT2D eigenvalue weighted by Crippen LogP contribution is 2.62. The van der Waals surface area contributed by atoms with Gasteiger partial charge in [-0.15, -0.1) is 10.2 Å². The van der Waals surface area contributed by atoms with E-state index in [2.05, 4.69) is 10.2 Å². The number of aryl methyl sites for hydroxylation is 1. The molecule has 0 fully saturated rings. The van der Waals surface area contributed by atoms with Crippen LogP contribution in [0.4, 0.5) is 75.4 Å². The minimum atomic E-state index is -8.56. The fraction of sp³-hybridized carbons (Fsp3) is 0.750. The molecule has 0 saturated carbocycles. The summed E-state index contributed by atoms with van der Waals surface area (Å²) in [5, 5.41) is 5.25. The third-order valence-corrected chi connectivity index (χ3v) is 4.45. The van der Waals surface area contributed by atoms with Crippen molar-refractivity contribution in [2.24, 2.45) is 0 Å². The van der Waals surface area contributed by atoms with E-state index in [9.17, 15) is 75.0 Å². The maximum Gasteiger partial charge on any atom is 0.393 e. The summed E-state index contributed by atoms with van der Waals surface area (Å²) in [5.41, 5.74) is 0. The van der Waals surface area contributed by atoms with Crippen molar-refractivity contribution in [3.05, 3.63) is 5.01 Å². The van der Waals surface area contributed by atoms with E-state index in [1.807, 2.05) is 0 Å². The zero-order valence-electron chi connectivity index (χ0n) is 14.8. The van der Waals surface area contributed by atoms with Gasteiger partial charge in [-0.2, -0.15) is 61.5 Å². The molecule has 1 amide bonds. The molecule has 0 spiro atoms. The van der Waals surface area contributed by atoms with Gasteiger partial charge in [0, 0.05) is 0 Å². The third-order valence-electron chi connectivity index (χ3n) is 3.70. The monoisotopic (exact) mass is 543 g/mol. The number of hydrogen-bond donors (Lipinski definition) is 1. The third kappa shape index (κ3) is 3.94. The van der Waals surface area contributed by atoms with Gasteiger partial charge in [0.25, 0.3) is 0 Å². The summed E-state index contributed by atoms with van der Waals surface area (Å²) in [4.78, 5) is 11.2. The summed E-state index contributed by atoms with van der Waals surface area (Å²) in [6.45, 7) is 1.08. The summed E-state index contributed by atoms with van der Waals surface area (Å²) >= 11 is 0.127. The Morgan fingerprint density at radius 1 is 0.727 bits per heavy atom. The van der Waals surface area contributed by atoms with Crippen molar-refractivity contribution >= 4 is 22.4 Å². The Bertz CT molecular complexity index is 882. The van der Waals surface area contributed by atoms with Gasteiger partial charge in [0.05, 0.1) is 0 Å². The first-order valence-electron chi connectivity index (χ1n) is 7.38. The molecule has 0 bridgehead atoms. The number of nitrogens with one attached hydrogen (secondary N) is 1. The lowest BCUT2D eigenvalue weighted by molar-refractivity contribution is -0.443. The minimum Gasteiger partial charge on any atom is -0.295 e. The molecule has 1 aromatic heterocycles. The molecule has 0 unspecified atom stereocenters. The highest BCUT2D eigenvalue weighted by Gasteiger charge is 2.94. The van der Waals surface area contributed by atoms with Crippen LogP contribution >= 0.6 is 11.3 Å². The van der Waals surface area contributed by atoms with Crippen molar-refractivity contribution in [2.75, 3.05) is 5.32 Å². The lowest BCUT2D eigenvalue weighted by Gasteiger charge is -2.42. The van der Waals surface area contributed by atoms with Gasteiger partial charge in [-0.05, 0) is 6.92 Å². The lowest BCUT2D eigenvalue weighted by Crippen LogP contribution is -2.74. The van der Waals surface area contributed by atoms with Crippen LogP contribution in [-0.4, -0.2) is 64.0 Å². The molecule has 1 N–H and O–H groups in total. The Labute approximate surface area is 173 Å². The van der Waals surface area contributed by atoms with Crippen LogP contribution in [0.25, 0.3) is 0 Å². The van der Waals surface area contributed by atoms with Crippen LogP contribution in [0.5, 0.6) is 0 Å². The summed E-state index contributed by atoms with van der Waals surface area (Å²) < 4.78 is 211. The topological polar surface area (TPSA) is 54.9 Å². The van der Waals surface area contributed by atoms with E-state index in [0.29, 0.717) is 5.32 Å². The van der Waals surface area contributed by atoms with Crippen LogP contribution in [0, 0.1) is 6.92 Å². The van der Waals surface area contributed by atoms with E-state index >= 15 is 0 Å². The molecule has 0 saturated heterocycles. The molecule has 21 heteroatoms. The van der Waals surface area contributed by atoms with E-state index in [4.69, 9.17) is 0 Å². The molecule has 1 rings (SSSR count). The molecular formula is C12H5F16N3OS. The van der Waals surface area contributed by atoms with Gasteiger partial charge >= 0.3 is 53.8 Å². The Hall–Kier alpha value is -2.09. The van der Waals surface area contributed by atoms with E-state index in [-0.39, 0.29) is 16.3 Å². The predicted molar refractivity (Wildman–Crippen MR) is 73.9 cm³/mol. The normalized spacial score (nSPS) is 15.2. The first-order valence-corrected chi connectivity index (χ1v) is 8.20. The molecule has 0 radical (unpaired) electrons. The Morgan fingerprint density at radius 3 is 1.48 bits per heavy atom. The highest BCUT2D eigenvalue weighted by atomic mass is 32.1. The molecule has 4 nitrogen and oxygen atoms in total. The second-order valence-corrected chi connectivity index (χ2v) is 7.13. The maximum atomic E-state index is 13.6. The van der Waals surface area contributed by atoms with Crippen LogP contribution in [0.1, 0.15) is 5.01 Å². The first kappa shape index (κ1) is 28.9. The van der Waals surface area contributed by atoms with Gasteiger partial charge < -0.3 is 0 Å². The van der Waals surface area contributed by atoms with Crippen molar-refractivity contribution in [3.8, 4) is 0 Å². The largest absolute Gasteiger partial charge is 0.393 e. The van der Waals surface area contributed by atoms with Gasteiger partial charge in [-0.3, -0.25) is 10.1 Å². The number of rotatable bonds is 9. The first-order chi connectivity index (χ1) is 14.3. The van der Waals surface area contributed by atoms with E-state index in [1.54, 1.807) is 0 Å². The molecule has 192 valence electrons. The number of halogens is 16. The number of aromatic nitrogens is 2. The van der Waals surface area contributed by atoms with Crippen molar-refractivity contribution in [2.45, 2.75) is 54.8 Å². The van der Waals surface area contributed by atoms with Crippen LogP contribution in [0.15, 0.2) is 0 Å². The number of amides is 1. The van der Waals surface area contributed by atoms with E-state index < -0.39 is 58.9 Å². The Morgan fingerprint density at radius 2 is 1.12 bits per heavy atom. The summed E-state index contributed by atoms with van der Waals surface area (Å²) in [6.07, 6.45) is -5.93. The Balaban J connectivity index is 3.53. The second-order valence-electron chi connectivity index (χ2n) is 5.95. The molecule has 0 aliphatic carbocycles. The molecule has 0 aliphatic rings. The number of hydrogen-bond acceptors (Lipinski definition) is 4. The number of nitrogens with zero attached hydrogens (tertiary/aromatic N) is 2. The molecule has 33 heavy (non-hydrogen) atoms. The van der Waals surface area contributed by atoms with Crippen molar-refractivity contribution in [3.63, 3.8) is 0 Å². The number of alkyl halides is 16. The minimum absolute atomic E-state index is 0.127. The molecule has 0 aromatic carbocycles. The van der Waals surface area contributed by atoms with Crippen LogP contribution in [0.3, 0.4) is 0 Å². The fourth-order valence-electron chi connectivity index (χ4n) is 1.80. The Kier molecular flexibility index (Phi) is 7.01. The highest BCUT2D eigenvalue weighted by molar-refractivity contribution is 7.15. The quantitative estimate of drug-likeness (QED) is 0.419. The number of anilines is 1. The summed E-state index contributed by atoms with van der Waals surface area (Å²) in [7, 11) is 0. The molecule has 0 aliphatic heterocycles. The maximum absolute atomic E-state index is 13.6. The molecule has 1 aromatic rings. The standard InChI is InChI=1S/C12H5F16N3OS/c1-2-30-31-5(33-2)29-4(32)7(17,18)9(21,22)11(25,26)12(27,28)10(23,24)8(19,20)6(15,16)3(13)14/h3H,1H3,(H,29,31,32). The number of carbonyl (C=O) groups is 1. The fourth-order valence-corrected chi connectivity index (χ4v) is 2.39. The second kappa shape index (κ2) is 8.00. The van der Waals surface area contributed by atoms with Crippen molar-refractivity contribution < 1.29 is 75.0 Å². The van der Waals surface area contributed by atoms with Gasteiger partial charge in [0.1, 0.15) is 5.01 Å². The zero-order valence-corrected chi connectivity index (χ0v) is 15.7. The molecular weight excluding hydrogens is 538 g/mol. The molecule has 0 atom stereocenters. The predicted octanol–water partition coefficient (Wildman–Crippen LogP) is 5.50.